The number of aryl methyl sites for hydroxylation is 1. The van der Waals surface area contributed by atoms with Crippen molar-refractivity contribution in [2.75, 3.05) is 0 Å². The minimum Gasteiger partial charge on any atom is -0.451 e. The molecule has 8 nitrogen and oxygen atoms in total. The average molecular weight is 340 g/mol. The Bertz CT molecular complexity index is 910. The van der Waals surface area contributed by atoms with Crippen LogP contribution in [-0.2, 0) is 16.1 Å². The molecule has 0 saturated heterocycles. The number of hydrogen-bond donors (Lipinski definition) is 1. The van der Waals surface area contributed by atoms with Crippen LogP contribution in [0.3, 0.4) is 0 Å². The smallest absolute Gasteiger partial charge is 0.283 e. The molecule has 1 aliphatic heterocycles. The first-order valence-corrected chi connectivity index (χ1v) is 8.01. The standard InChI is InChI=1S/C17H16N4O4/c1-10-8-14(21-25-10)18-15(22)6-7-16-19-20-17(24-16)13-9-11-4-2-3-5-12(11)23-13/h2-5,9-10H,6-8H2,1H3,(H,18,21,22). The van der Waals surface area contributed by atoms with Gasteiger partial charge in [0.15, 0.2) is 11.6 Å². The van der Waals surface area contributed by atoms with E-state index in [1.54, 1.807) is 0 Å². The maximum Gasteiger partial charge on any atom is 0.283 e. The molecule has 0 bridgehead atoms. The second kappa shape index (κ2) is 6.39. The van der Waals surface area contributed by atoms with E-state index in [1.165, 1.54) is 0 Å². The van der Waals surface area contributed by atoms with Gasteiger partial charge in [-0.05, 0) is 19.1 Å². The molecular weight excluding hydrogens is 324 g/mol. The number of amidine groups is 1. The summed E-state index contributed by atoms with van der Waals surface area (Å²) in [6.07, 6.45) is 1.15. The number of para-hydroxylation sites is 1. The molecule has 3 heterocycles. The zero-order valence-electron chi connectivity index (χ0n) is 13.6. The van der Waals surface area contributed by atoms with Gasteiger partial charge in [-0.15, -0.1) is 10.2 Å². The van der Waals surface area contributed by atoms with E-state index in [9.17, 15) is 4.79 Å². The Kier molecular flexibility index (Phi) is 3.93. The molecule has 1 aliphatic rings. The molecule has 0 fully saturated rings. The van der Waals surface area contributed by atoms with E-state index in [0.29, 0.717) is 36.2 Å². The topological polar surface area (TPSA) is 103 Å². The lowest BCUT2D eigenvalue weighted by atomic mass is 10.2. The summed E-state index contributed by atoms with van der Waals surface area (Å²) < 4.78 is 11.3. The van der Waals surface area contributed by atoms with Crippen LogP contribution in [0.1, 0.15) is 25.7 Å². The zero-order chi connectivity index (χ0) is 17.2. The second-order valence-corrected chi connectivity index (χ2v) is 5.86. The largest absolute Gasteiger partial charge is 0.451 e. The molecule has 25 heavy (non-hydrogen) atoms. The van der Waals surface area contributed by atoms with Crippen LogP contribution in [-0.4, -0.2) is 28.0 Å². The van der Waals surface area contributed by atoms with E-state index in [1.807, 2.05) is 37.3 Å². The van der Waals surface area contributed by atoms with Gasteiger partial charge in [-0.2, -0.15) is 0 Å². The Morgan fingerprint density at radius 1 is 1.28 bits per heavy atom. The van der Waals surface area contributed by atoms with Crippen LogP contribution >= 0.6 is 0 Å². The van der Waals surface area contributed by atoms with E-state index < -0.39 is 0 Å². The number of carbonyl (C=O) groups is 1. The van der Waals surface area contributed by atoms with Crippen molar-refractivity contribution in [3.63, 3.8) is 0 Å². The maximum absolute atomic E-state index is 11.9. The van der Waals surface area contributed by atoms with Crippen LogP contribution in [0.15, 0.2) is 44.3 Å². The molecule has 1 N–H and O–H groups in total. The summed E-state index contributed by atoms with van der Waals surface area (Å²) in [5.41, 5.74) is 0.755. The van der Waals surface area contributed by atoms with Gasteiger partial charge in [-0.1, -0.05) is 23.4 Å². The molecule has 0 spiro atoms. The number of furan rings is 1. The maximum atomic E-state index is 11.9. The SMILES string of the molecule is CC1CC(NC(=O)CCc2nnc(-c3cc4ccccc4o3)o2)=NO1. The summed E-state index contributed by atoms with van der Waals surface area (Å²) in [7, 11) is 0. The quantitative estimate of drug-likeness (QED) is 0.783. The van der Waals surface area contributed by atoms with E-state index in [0.717, 1.165) is 11.0 Å². The van der Waals surface area contributed by atoms with Gasteiger partial charge in [0.2, 0.25) is 11.8 Å². The van der Waals surface area contributed by atoms with Gasteiger partial charge in [0.05, 0.1) is 0 Å². The van der Waals surface area contributed by atoms with Crippen molar-refractivity contribution in [2.24, 2.45) is 5.16 Å². The summed E-state index contributed by atoms with van der Waals surface area (Å²) in [6, 6.07) is 9.49. The molecule has 1 atom stereocenters. The summed E-state index contributed by atoms with van der Waals surface area (Å²) >= 11 is 0. The molecule has 4 rings (SSSR count). The summed E-state index contributed by atoms with van der Waals surface area (Å²) in [6.45, 7) is 1.89. The van der Waals surface area contributed by atoms with E-state index in [4.69, 9.17) is 13.7 Å². The number of carbonyl (C=O) groups excluding carboxylic acids is 1. The zero-order valence-corrected chi connectivity index (χ0v) is 13.6. The lowest BCUT2D eigenvalue weighted by Gasteiger charge is -2.01. The Balaban J connectivity index is 1.37. The third kappa shape index (κ3) is 3.37. The molecule has 8 heteroatoms. The lowest BCUT2D eigenvalue weighted by Crippen LogP contribution is -2.30. The molecule has 0 saturated carbocycles. The van der Waals surface area contributed by atoms with Gasteiger partial charge in [0.1, 0.15) is 11.7 Å². The fourth-order valence-electron chi connectivity index (χ4n) is 2.56. The highest BCUT2D eigenvalue weighted by atomic mass is 16.6. The first kappa shape index (κ1) is 15.4. The van der Waals surface area contributed by atoms with Gasteiger partial charge < -0.3 is 19.0 Å². The molecule has 2 aromatic heterocycles. The van der Waals surface area contributed by atoms with Gasteiger partial charge in [-0.25, -0.2) is 0 Å². The number of oxime groups is 1. The predicted octanol–water partition coefficient (Wildman–Crippen LogP) is 2.65. The van der Waals surface area contributed by atoms with Gasteiger partial charge in [0, 0.05) is 24.6 Å². The third-order valence-corrected chi connectivity index (χ3v) is 3.78. The molecule has 3 aromatic rings. The fourth-order valence-corrected chi connectivity index (χ4v) is 2.56. The van der Waals surface area contributed by atoms with E-state index >= 15 is 0 Å². The van der Waals surface area contributed by atoms with Crippen LogP contribution < -0.4 is 5.32 Å². The normalized spacial score (nSPS) is 16.7. The van der Waals surface area contributed by atoms with Crippen molar-refractivity contribution in [1.82, 2.24) is 15.5 Å². The summed E-state index contributed by atoms with van der Waals surface area (Å²) in [4.78, 5) is 16.9. The Morgan fingerprint density at radius 2 is 2.16 bits per heavy atom. The van der Waals surface area contributed by atoms with Crippen molar-refractivity contribution in [1.29, 1.82) is 0 Å². The monoisotopic (exact) mass is 340 g/mol. The molecule has 128 valence electrons. The Hall–Kier alpha value is -3.16. The molecule has 1 amide bonds. The highest BCUT2D eigenvalue weighted by Gasteiger charge is 2.19. The van der Waals surface area contributed by atoms with Crippen molar-refractivity contribution in [3.05, 3.63) is 36.2 Å². The highest BCUT2D eigenvalue weighted by molar-refractivity contribution is 5.98. The number of nitrogens with one attached hydrogen (secondary N) is 1. The number of aromatic nitrogens is 2. The highest BCUT2D eigenvalue weighted by Crippen LogP contribution is 2.26. The third-order valence-electron chi connectivity index (χ3n) is 3.78. The van der Waals surface area contributed by atoms with Gasteiger partial charge >= 0.3 is 0 Å². The van der Waals surface area contributed by atoms with Crippen molar-refractivity contribution < 1.29 is 18.5 Å². The van der Waals surface area contributed by atoms with Crippen LogP contribution in [0.4, 0.5) is 0 Å². The first-order valence-electron chi connectivity index (χ1n) is 8.01. The van der Waals surface area contributed by atoms with Crippen molar-refractivity contribution in [2.45, 2.75) is 32.3 Å². The first-order chi connectivity index (χ1) is 12.2. The molecule has 0 radical (unpaired) electrons. The molecule has 1 unspecified atom stereocenters. The predicted molar refractivity (Wildman–Crippen MR) is 88.6 cm³/mol. The summed E-state index contributed by atoms with van der Waals surface area (Å²) in [5, 5.41) is 15.4. The lowest BCUT2D eigenvalue weighted by molar-refractivity contribution is -0.119. The Labute approximate surface area is 142 Å². The minimum atomic E-state index is -0.167. The Morgan fingerprint density at radius 3 is 2.96 bits per heavy atom. The number of amides is 1. The number of nitrogens with zero attached hydrogens (tertiary/aromatic N) is 3. The van der Waals surface area contributed by atoms with Crippen LogP contribution in [0.25, 0.3) is 22.6 Å². The minimum absolute atomic E-state index is 0.00221. The van der Waals surface area contributed by atoms with E-state index in [-0.39, 0.29) is 18.4 Å². The molecular formula is C17H16N4O4. The fraction of sp³-hybridized carbons (Fsp3) is 0.294. The number of hydrogen-bond acceptors (Lipinski definition) is 7. The van der Waals surface area contributed by atoms with Gasteiger partial charge in [0.25, 0.3) is 5.89 Å². The van der Waals surface area contributed by atoms with Crippen LogP contribution in [0, 0.1) is 0 Å². The number of rotatable bonds is 4. The average Bonchev–Trinajstić information content (AvgIpc) is 3.31. The van der Waals surface area contributed by atoms with Crippen molar-refractivity contribution in [3.8, 4) is 11.7 Å². The summed E-state index contributed by atoms with van der Waals surface area (Å²) in [5.74, 6) is 1.57. The molecule has 1 aromatic carbocycles. The van der Waals surface area contributed by atoms with E-state index in [2.05, 4.69) is 20.7 Å². The van der Waals surface area contributed by atoms with Crippen molar-refractivity contribution >= 4 is 22.7 Å². The number of fused-ring (bicyclic) bond motifs is 1. The second-order valence-electron chi connectivity index (χ2n) is 5.86. The van der Waals surface area contributed by atoms with Crippen LogP contribution in [0.5, 0.6) is 0 Å². The van der Waals surface area contributed by atoms with Gasteiger partial charge in [-0.3, -0.25) is 4.79 Å². The van der Waals surface area contributed by atoms with Crippen LogP contribution in [0.2, 0.25) is 0 Å². The molecule has 0 aliphatic carbocycles. The number of benzene rings is 1.